The third-order valence-electron chi connectivity index (χ3n) is 3.39. The third kappa shape index (κ3) is 2.55. The summed E-state index contributed by atoms with van der Waals surface area (Å²) in [5, 5.41) is 0. The minimum absolute atomic E-state index is 0.0641. The number of hydrogen-bond donors (Lipinski definition) is 0. The van der Waals surface area contributed by atoms with Gasteiger partial charge in [-0.2, -0.15) is 0 Å². The second-order valence-corrected chi connectivity index (χ2v) is 5.04. The van der Waals surface area contributed by atoms with E-state index in [4.69, 9.17) is 25.8 Å². The number of ether oxygens (including phenoxy) is 3. The van der Waals surface area contributed by atoms with Gasteiger partial charge in [-0.1, -0.05) is 6.07 Å². The first kappa shape index (κ1) is 13.5. The smallest absolute Gasteiger partial charge is 0.257 e. The Hall–Kier alpha value is -1.46. The first-order valence-corrected chi connectivity index (χ1v) is 7.18. The van der Waals surface area contributed by atoms with Crippen molar-refractivity contribution in [3.63, 3.8) is 0 Å². The maximum atomic E-state index is 12.6. The molecule has 0 aromatic heterocycles. The number of fused-ring (bicyclic) bond motifs is 1. The monoisotopic (exact) mass is 297 g/mol. The molecule has 1 fully saturated rings. The first-order chi connectivity index (χ1) is 9.79. The van der Waals surface area contributed by atoms with Crippen molar-refractivity contribution >= 4 is 17.5 Å². The van der Waals surface area contributed by atoms with Gasteiger partial charge in [0.2, 0.25) is 0 Å². The minimum atomic E-state index is -0.105. The van der Waals surface area contributed by atoms with Gasteiger partial charge in [0.25, 0.3) is 5.91 Å². The van der Waals surface area contributed by atoms with E-state index >= 15 is 0 Å². The summed E-state index contributed by atoms with van der Waals surface area (Å²) >= 11 is 5.80. The number of alkyl halides is 1. The van der Waals surface area contributed by atoms with Crippen LogP contribution in [0.4, 0.5) is 0 Å². The van der Waals surface area contributed by atoms with Crippen molar-refractivity contribution in [2.45, 2.75) is 6.10 Å². The van der Waals surface area contributed by atoms with E-state index in [1.807, 2.05) is 6.07 Å². The van der Waals surface area contributed by atoms with Gasteiger partial charge in [-0.25, -0.2) is 0 Å². The number of hydrogen-bond acceptors (Lipinski definition) is 4. The number of amides is 1. The van der Waals surface area contributed by atoms with Crippen molar-refractivity contribution in [2.75, 3.05) is 38.8 Å². The first-order valence-electron chi connectivity index (χ1n) is 6.65. The molecule has 1 amide bonds. The van der Waals surface area contributed by atoms with E-state index in [0.29, 0.717) is 55.9 Å². The van der Waals surface area contributed by atoms with Crippen molar-refractivity contribution < 1.29 is 19.0 Å². The summed E-state index contributed by atoms with van der Waals surface area (Å²) < 4.78 is 16.6. The second kappa shape index (κ2) is 5.89. The number of carbonyl (C=O) groups is 1. The van der Waals surface area contributed by atoms with Gasteiger partial charge in [-0.05, 0) is 12.1 Å². The molecule has 5 nitrogen and oxygen atoms in total. The molecule has 2 aliphatic rings. The molecule has 1 atom stereocenters. The van der Waals surface area contributed by atoms with Crippen LogP contribution in [0.15, 0.2) is 18.2 Å². The fourth-order valence-electron chi connectivity index (χ4n) is 2.41. The molecule has 108 valence electrons. The fraction of sp³-hybridized carbons (Fsp3) is 0.500. The van der Waals surface area contributed by atoms with Crippen LogP contribution in [0.5, 0.6) is 11.5 Å². The van der Waals surface area contributed by atoms with Gasteiger partial charge >= 0.3 is 0 Å². The van der Waals surface area contributed by atoms with Gasteiger partial charge in [0.05, 0.1) is 24.2 Å². The van der Waals surface area contributed by atoms with Crippen LogP contribution in [0.25, 0.3) is 0 Å². The predicted octanol–water partition coefficient (Wildman–Crippen LogP) is 1.54. The van der Waals surface area contributed by atoms with Crippen LogP contribution in [0, 0.1) is 0 Å². The van der Waals surface area contributed by atoms with E-state index in [1.165, 1.54) is 0 Å². The van der Waals surface area contributed by atoms with E-state index in [9.17, 15) is 4.79 Å². The standard InChI is InChI=1S/C14H16ClNO4/c15-8-10-9-16(4-5-18-10)14(17)11-2-1-3-12-13(11)20-7-6-19-12/h1-3,10H,4-9H2. The van der Waals surface area contributed by atoms with Gasteiger partial charge in [-0.15, -0.1) is 11.6 Å². The van der Waals surface area contributed by atoms with Crippen molar-refractivity contribution in [2.24, 2.45) is 0 Å². The number of halogens is 1. The Balaban J connectivity index is 1.83. The highest BCUT2D eigenvalue weighted by atomic mass is 35.5. The van der Waals surface area contributed by atoms with Gasteiger partial charge in [0, 0.05) is 13.1 Å². The zero-order chi connectivity index (χ0) is 13.9. The molecule has 0 saturated carbocycles. The van der Waals surface area contributed by atoms with E-state index < -0.39 is 0 Å². The Labute approximate surface area is 122 Å². The molecular formula is C14H16ClNO4. The van der Waals surface area contributed by atoms with Crippen molar-refractivity contribution in [3.05, 3.63) is 23.8 Å². The van der Waals surface area contributed by atoms with Gasteiger partial charge in [-0.3, -0.25) is 4.79 Å². The molecule has 6 heteroatoms. The molecular weight excluding hydrogens is 282 g/mol. The Morgan fingerprint density at radius 1 is 1.30 bits per heavy atom. The molecule has 1 aromatic carbocycles. The van der Waals surface area contributed by atoms with Gasteiger partial charge in [0.1, 0.15) is 13.2 Å². The minimum Gasteiger partial charge on any atom is -0.486 e. The number of nitrogens with zero attached hydrogens (tertiary/aromatic N) is 1. The molecule has 2 heterocycles. The molecule has 3 rings (SSSR count). The number of carbonyl (C=O) groups excluding carboxylic acids is 1. The Bertz CT molecular complexity index is 508. The lowest BCUT2D eigenvalue weighted by Crippen LogP contribution is -2.46. The van der Waals surface area contributed by atoms with E-state index in [2.05, 4.69) is 0 Å². The molecule has 2 aliphatic heterocycles. The molecule has 20 heavy (non-hydrogen) atoms. The summed E-state index contributed by atoms with van der Waals surface area (Å²) in [5.41, 5.74) is 0.539. The van der Waals surface area contributed by atoms with E-state index in [1.54, 1.807) is 17.0 Å². The predicted molar refractivity (Wildman–Crippen MR) is 73.8 cm³/mol. The average molecular weight is 298 g/mol. The number of benzene rings is 1. The summed E-state index contributed by atoms with van der Waals surface area (Å²) in [6.07, 6.45) is -0.105. The van der Waals surface area contributed by atoms with Gasteiger partial charge in [0.15, 0.2) is 11.5 Å². The highest BCUT2D eigenvalue weighted by Crippen LogP contribution is 2.34. The normalized spacial score (nSPS) is 21.6. The summed E-state index contributed by atoms with van der Waals surface area (Å²) in [4.78, 5) is 14.4. The molecule has 0 radical (unpaired) electrons. The zero-order valence-electron chi connectivity index (χ0n) is 11.0. The van der Waals surface area contributed by atoms with Crippen LogP contribution in [0.3, 0.4) is 0 Å². The summed E-state index contributed by atoms with van der Waals surface area (Å²) in [7, 11) is 0. The maximum absolute atomic E-state index is 12.6. The maximum Gasteiger partial charge on any atom is 0.257 e. The summed E-state index contributed by atoms with van der Waals surface area (Å²) in [5.74, 6) is 1.49. The number of morpholine rings is 1. The van der Waals surface area contributed by atoms with Crippen LogP contribution >= 0.6 is 11.6 Å². The lowest BCUT2D eigenvalue weighted by atomic mass is 10.1. The van der Waals surface area contributed by atoms with Crippen LogP contribution < -0.4 is 9.47 Å². The Morgan fingerprint density at radius 2 is 2.15 bits per heavy atom. The quantitative estimate of drug-likeness (QED) is 0.777. The molecule has 0 spiro atoms. The lowest BCUT2D eigenvalue weighted by molar-refractivity contribution is -0.0110. The molecule has 0 aliphatic carbocycles. The molecule has 0 N–H and O–H groups in total. The largest absolute Gasteiger partial charge is 0.486 e. The SMILES string of the molecule is O=C(c1cccc2c1OCCO2)N1CCOC(CCl)C1. The highest BCUT2D eigenvalue weighted by Gasteiger charge is 2.28. The van der Waals surface area contributed by atoms with Crippen molar-refractivity contribution in [3.8, 4) is 11.5 Å². The molecule has 0 bridgehead atoms. The van der Waals surface area contributed by atoms with Crippen molar-refractivity contribution in [1.29, 1.82) is 0 Å². The van der Waals surface area contributed by atoms with Crippen LogP contribution in [-0.2, 0) is 4.74 Å². The Kier molecular flexibility index (Phi) is 3.98. The topological polar surface area (TPSA) is 48.0 Å². The third-order valence-corrected chi connectivity index (χ3v) is 3.74. The highest BCUT2D eigenvalue weighted by molar-refractivity contribution is 6.18. The fourth-order valence-corrected chi connectivity index (χ4v) is 2.60. The summed E-state index contributed by atoms with van der Waals surface area (Å²) in [6.45, 7) is 2.56. The number of para-hydroxylation sites is 1. The Morgan fingerprint density at radius 3 is 3.00 bits per heavy atom. The average Bonchev–Trinajstić information content (AvgIpc) is 2.53. The lowest BCUT2D eigenvalue weighted by Gasteiger charge is -2.32. The van der Waals surface area contributed by atoms with Gasteiger partial charge < -0.3 is 19.1 Å². The van der Waals surface area contributed by atoms with E-state index in [0.717, 1.165) is 0 Å². The number of rotatable bonds is 2. The van der Waals surface area contributed by atoms with Crippen LogP contribution in [0.1, 0.15) is 10.4 Å². The van der Waals surface area contributed by atoms with E-state index in [-0.39, 0.29) is 12.0 Å². The molecule has 1 unspecified atom stereocenters. The van der Waals surface area contributed by atoms with Crippen LogP contribution in [0.2, 0.25) is 0 Å². The van der Waals surface area contributed by atoms with Crippen LogP contribution in [-0.4, -0.2) is 55.7 Å². The molecule has 1 aromatic rings. The molecule has 1 saturated heterocycles. The van der Waals surface area contributed by atoms with Crippen molar-refractivity contribution in [1.82, 2.24) is 4.90 Å². The summed E-state index contributed by atoms with van der Waals surface area (Å²) in [6, 6.07) is 5.38. The zero-order valence-corrected chi connectivity index (χ0v) is 11.8. The second-order valence-electron chi connectivity index (χ2n) is 4.73.